The van der Waals surface area contributed by atoms with Crippen molar-refractivity contribution >= 4 is 22.6 Å². The first kappa shape index (κ1) is 11.5. The maximum atomic E-state index is 2.60. The van der Waals surface area contributed by atoms with Crippen molar-refractivity contribution in [1.29, 1.82) is 0 Å². The lowest BCUT2D eigenvalue weighted by Crippen LogP contribution is -2.28. The summed E-state index contributed by atoms with van der Waals surface area (Å²) in [7, 11) is 0. The molecule has 76 valence electrons. The van der Waals surface area contributed by atoms with Crippen LogP contribution >= 0.6 is 22.6 Å². The van der Waals surface area contributed by atoms with Gasteiger partial charge in [-0.15, -0.1) is 0 Å². The molecule has 0 aromatic rings. The normalized spacial score (nSPS) is 34.5. The third kappa shape index (κ3) is 2.97. The van der Waals surface area contributed by atoms with Gasteiger partial charge < -0.3 is 0 Å². The molecule has 0 saturated carbocycles. The predicted octanol–water partition coefficient (Wildman–Crippen LogP) is 4.44. The lowest BCUT2D eigenvalue weighted by Gasteiger charge is -2.36. The minimum Gasteiger partial charge on any atom is -0.0836 e. The number of hydrogen-bond acceptors (Lipinski definition) is 0. The van der Waals surface area contributed by atoms with E-state index in [1.165, 1.54) is 12.8 Å². The molecule has 1 heteroatoms. The van der Waals surface area contributed by atoms with Crippen LogP contribution in [0.15, 0.2) is 12.2 Å². The standard InChI is InChI=1S/C12H21I/c1-5-11(13)10-6-7-12(3,4)8-9(10)2/h6-7,9-11H,5,8H2,1-4H3. The minimum absolute atomic E-state index is 0.431. The Morgan fingerprint density at radius 3 is 2.62 bits per heavy atom. The zero-order valence-corrected chi connectivity index (χ0v) is 11.3. The Bertz CT molecular complexity index is 193. The average Bonchev–Trinajstić information content (AvgIpc) is 2.01. The van der Waals surface area contributed by atoms with E-state index in [1.54, 1.807) is 0 Å². The molecule has 1 rings (SSSR count). The van der Waals surface area contributed by atoms with Gasteiger partial charge >= 0.3 is 0 Å². The van der Waals surface area contributed by atoms with Gasteiger partial charge in [-0.2, -0.15) is 0 Å². The Labute approximate surface area is 96.3 Å². The highest BCUT2D eigenvalue weighted by Gasteiger charge is 2.30. The Balaban J connectivity index is 2.70. The van der Waals surface area contributed by atoms with Crippen molar-refractivity contribution in [2.45, 2.75) is 44.5 Å². The van der Waals surface area contributed by atoms with Crippen LogP contribution in [0.4, 0.5) is 0 Å². The van der Waals surface area contributed by atoms with E-state index in [0.717, 1.165) is 15.8 Å². The molecule has 0 aliphatic heterocycles. The number of hydrogen-bond donors (Lipinski definition) is 0. The van der Waals surface area contributed by atoms with Crippen LogP contribution in [0.25, 0.3) is 0 Å². The van der Waals surface area contributed by atoms with Gasteiger partial charge in [-0.05, 0) is 30.1 Å². The molecule has 0 aromatic carbocycles. The van der Waals surface area contributed by atoms with E-state index in [2.05, 4.69) is 62.4 Å². The molecule has 1 aliphatic rings. The van der Waals surface area contributed by atoms with E-state index >= 15 is 0 Å². The zero-order valence-electron chi connectivity index (χ0n) is 9.18. The molecular formula is C12H21I. The number of halogens is 1. The third-order valence-corrected chi connectivity index (χ3v) is 4.79. The van der Waals surface area contributed by atoms with Crippen LogP contribution in [0.2, 0.25) is 0 Å². The monoisotopic (exact) mass is 292 g/mol. The summed E-state index contributed by atoms with van der Waals surface area (Å²) in [6.07, 6.45) is 7.50. The van der Waals surface area contributed by atoms with E-state index in [-0.39, 0.29) is 0 Å². The Morgan fingerprint density at radius 1 is 1.54 bits per heavy atom. The van der Waals surface area contributed by atoms with Crippen LogP contribution in [0.3, 0.4) is 0 Å². The van der Waals surface area contributed by atoms with Crippen molar-refractivity contribution in [2.24, 2.45) is 17.3 Å². The van der Waals surface area contributed by atoms with E-state index < -0.39 is 0 Å². The van der Waals surface area contributed by atoms with Gasteiger partial charge in [0.25, 0.3) is 0 Å². The van der Waals surface area contributed by atoms with Crippen LogP contribution in [0.5, 0.6) is 0 Å². The molecule has 0 heterocycles. The second kappa shape index (κ2) is 4.33. The average molecular weight is 292 g/mol. The highest BCUT2D eigenvalue weighted by Crippen LogP contribution is 2.40. The molecule has 0 saturated heterocycles. The van der Waals surface area contributed by atoms with Gasteiger partial charge in [-0.1, -0.05) is 62.4 Å². The summed E-state index contributed by atoms with van der Waals surface area (Å²) in [4.78, 5) is 0. The van der Waals surface area contributed by atoms with Gasteiger partial charge in [0.1, 0.15) is 0 Å². The van der Waals surface area contributed by atoms with Gasteiger partial charge in [0, 0.05) is 3.92 Å². The number of allylic oxidation sites excluding steroid dienone is 2. The Kier molecular flexibility index (Phi) is 3.84. The molecule has 0 bridgehead atoms. The summed E-state index contributed by atoms with van der Waals surface area (Å²) in [5, 5.41) is 0. The second-order valence-corrected chi connectivity index (χ2v) is 6.63. The van der Waals surface area contributed by atoms with Crippen molar-refractivity contribution in [1.82, 2.24) is 0 Å². The van der Waals surface area contributed by atoms with Gasteiger partial charge in [-0.3, -0.25) is 0 Å². The van der Waals surface area contributed by atoms with Gasteiger partial charge in [0.15, 0.2) is 0 Å². The molecule has 0 spiro atoms. The maximum absolute atomic E-state index is 2.60. The molecule has 3 unspecified atom stereocenters. The second-order valence-electron chi connectivity index (χ2n) is 5.03. The van der Waals surface area contributed by atoms with Gasteiger partial charge in [-0.25, -0.2) is 0 Å². The highest BCUT2D eigenvalue weighted by atomic mass is 127. The van der Waals surface area contributed by atoms with Gasteiger partial charge in [0.2, 0.25) is 0 Å². The minimum atomic E-state index is 0.431. The first-order chi connectivity index (χ1) is 5.96. The number of rotatable bonds is 2. The first-order valence-corrected chi connectivity index (χ1v) is 6.54. The lowest BCUT2D eigenvalue weighted by atomic mass is 9.72. The fourth-order valence-corrected chi connectivity index (χ4v) is 3.29. The van der Waals surface area contributed by atoms with E-state index in [0.29, 0.717) is 5.41 Å². The van der Waals surface area contributed by atoms with Crippen LogP contribution in [-0.2, 0) is 0 Å². The lowest BCUT2D eigenvalue weighted by molar-refractivity contribution is 0.267. The largest absolute Gasteiger partial charge is 0.0836 e. The molecule has 0 radical (unpaired) electrons. The van der Waals surface area contributed by atoms with Crippen molar-refractivity contribution in [2.75, 3.05) is 0 Å². The molecule has 13 heavy (non-hydrogen) atoms. The van der Waals surface area contributed by atoms with Gasteiger partial charge in [0.05, 0.1) is 0 Å². The summed E-state index contributed by atoms with van der Waals surface area (Å²) in [6.45, 7) is 9.36. The fraction of sp³-hybridized carbons (Fsp3) is 0.833. The van der Waals surface area contributed by atoms with Crippen LogP contribution in [-0.4, -0.2) is 3.92 Å². The summed E-state index contributed by atoms with van der Waals surface area (Å²) in [5.41, 5.74) is 0.431. The summed E-state index contributed by atoms with van der Waals surface area (Å²) in [6, 6.07) is 0. The smallest absolute Gasteiger partial charge is 0.0172 e. The van der Waals surface area contributed by atoms with Crippen molar-refractivity contribution in [3.63, 3.8) is 0 Å². The summed E-state index contributed by atoms with van der Waals surface area (Å²) >= 11 is 2.60. The zero-order chi connectivity index (χ0) is 10.1. The van der Waals surface area contributed by atoms with E-state index in [4.69, 9.17) is 0 Å². The molecule has 1 aliphatic carbocycles. The maximum Gasteiger partial charge on any atom is 0.0172 e. The summed E-state index contributed by atoms with van der Waals surface area (Å²) < 4.78 is 0.819. The van der Waals surface area contributed by atoms with Crippen LogP contribution in [0.1, 0.15) is 40.5 Å². The van der Waals surface area contributed by atoms with Crippen molar-refractivity contribution in [3.05, 3.63) is 12.2 Å². The fourth-order valence-electron chi connectivity index (χ4n) is 2.34. The first-order valence-electron chi connectivity index (χ1n) is 5.29. The highest BCUT2D eigenvalue weighted by molar-refractivity contribution is 14.1. The topological polar surface area (TPSA) is 0 Å². The quantitative estimate of drug-likeness (QED) is 0.401. The third-order valence-electron chi connectivity index (χ3n) is 3.08. The van der Waals surface area contributed by atoms with Crippen molar-refractivity contribution < 1.29 is 0 Å². The molecule has 0 amide bonds. The molecular weight excluding hydrogens is 271 g/mol. The van der Waals surface area contributed by atoms with E-state index in [1.807, 2.05) is 0 Å². The summed E-state index contributed by atoms with van der Waals surface area (Å²) in [5.74, 6) is 1.65. The van der Waals surface area contributed by atoms with E-state index in [9.17, 15) is 0 Å². The molecule has 0 aromatic heterocycles. The molecule has 0 fully saturated rings. The Hall–Kier alpha value is 0.470. The Morgan fingerprint density at radius 2 is 2.15 bits per heavy atom. The molecule has 3 atom stereocenters. The SMILES string of the molecule is CCC(I)C1C=CC(C)(C)CC1C. The van der Waals surface area contributed by atoms with Crippen LogP contribution in [0, 0.1) is 17.3 Å². The predicted molar refractivity (Wildman–Crippen MR) is 68.3 cm³/mol. The number of alkyl halides is 1. The van der Waals surface area contributed by atoms with Crippen molar-refractivity contribution in [3.8, 4) is 0 Å². The molecule has 0 N–H and O–H groups in total. The molecule has 0 nitrogen and oxygen atoms in total. The van der Waals surface area contributed by atoms with Crippen LogP contribution < -0.4 is 0 Å².